The molecule has 0 atom stereocenters. The molecule has 1 aromatic carbocycles. The SMILES string of the molecule is CCOC(=O)C(C)(C)OC(=O)c1cc(C(=O)CC(=O)CC)c(F)c(N)c1Cl. The fraction of sp³-hybridized carbons (Fsp3) is 0.444. The van der Waals surface area contributed by atoms with Crippen molar-refractivity contribution in [3.05, 3.63) is 28.0 Å². The molecule has 0 bridgehead atoms. The zero-order valence-corrected chi connectivity index (χ0v) is 16.2. The van der Waals surface area contributed by atoms with Crippen molar-refractivity contribution in [1.82, 2.24) is 0 Å². The van der Waals surface area contributed by atoms with Gasteiger partial charge in [-0.15, -0.1) is 0 Å². The van der Waals surface area contributed by atoms with Crippen LogP contribution in [0.1, 0.15) is 61.3 Å². The molecule has 0 fully saturated rings. The van der Waals surface area contributed by atoms with Crippen LogP contribution in [0.15, 0.2) is 6.07 Å². The lowest BCUT2D eigenvalue weighted by Crippen LogP contribution is -2.39. The zero-order valence-electron chi connectivity index (χ0n) is 15.5. The van der Waals surface area contributed by atoms with E-state index in [4.69, 9.17) is 26.8 Å². The van der Waals surface area contributed by atoms with Gasteiger partial charge in [0.2, 0.25) is 5.60 Å². The molecule has 2 N–H and O–H groups in total. The van der Waals surface area contributed by atoms with Crippen LogP contribution in [-0.4, -0.2) is 35.7 Å². The summed E-state index contributed by atoms with van der Waals surface area (Å²) in [6.45, 7) is 5.82. The number of hydrogen-bond donors (Lipinski definition) is 1. The monoisotopic (exact) mass is 401 g/mol. The number of ether oxygens (including phenoxy) is 2. The number of esters is 2. The third-order valence-electron chi connectivity index (χ3n) is 3.62. The zero-order chi connectivity index (χ0) is 20.9. The predicted molar refractivity (Wildman–Crippen MR) is 96.2 cm³/mol. The van der Waals surface area contributed by atoms with Gasteiger partial charge < -0.3 is 15.2 Å². The quantitative estimate of drug-likeness (QED) is 0.308. The molecular formula is C18H21ClFNO6. The number of anilines is 1. The molecule has 27 heavy (non-hydrogen) atoms. The lowest BCUT2D eigenvalue weighted by molar-refractivity contribution is -0.162. The number of carbonyl (C=O) groups is 4. The standard InChI is InChI=1S/C18H21ClFNO6/c1-5-9(22)7-12(23)10-8-11(13(19)15(21)14(10)20)16(24)27-18(3,4)17(25)26-6-2/h8H,5-7,21H2,1-4H3. The fourth-order valence-corrected chi connectivity index (χ4v) is 2.26. The first-order chi connectivity index (χ1) is 12.5. The maximum Gasteiger partial charge on any atom is 0.350 e. The van der Waals surface area contributed by atoms with Crippen LogP contribution < -0.4 is 5.73 Å². The van der Waals surface area contributed by atoms with E-state index in [0.29, 0.717) is 0 Å². The summed E-state index contributed by atoms with van der Waals surface area (Å²) >= 11 is 5.91. The molecule has 1 rings (SSSR count). The number of ketones is 2. The second kappa shape index (κ2) is 8.94. The van der Waals surface area contributed by atoms with Gasteiger partial charge in [0.15, 0.2) is 11.6 Å². The van der Waals surface area contributed by atoms with Crippen molar-refractivity contribution in [2.24, 2.45) is 0 Å². The summed E-state index contributed by atoms with van der Waals surface area (Å²) in [5.41, 5.74) is 2.31. The van der Waals surface area contributed by atoms with E-state index >= 15 is 0 Å². The van der Waals surface area contributed by atoms with Gasteiger partial charge in [-0.2, -0.15) is 0 Å². The lowest BCUT2D eigenvalue weighted by atomic mass is 10.0. The molecule has 0 heterocycles. The van der Waals surface area contributed by atoms with Gasteiger partial charge in [-0.25, -0.2) is 14.0 Å². The normalized spacial score (nSPS) is 11.0. The molecule has 0 aliphatic carbocycles. The number of nitrogens with two attached hydrogens (primary N) is 1. The number of nitrogen functional groups attached to an aromatic ring is 1. The summed E-state index contributed by atoms with van der Waals surface area (Å²) in [6.07, 6.45) is -0.448. The first-order valence-electron chi connectivity index (χ1n) is 8.19. The fourth-order valence-electron chi connectivity index (χ4n) is 2.04. The minimum Gasteiger partial charge on any atom is -0.463 e. The smallest absolute Gasteiger partial charge is 0.350 e. The van der Waals surface area contributed by atoms with Crippen LogP contribution in [0.5, 0.6) is 0 Å². The molecule has 0 aliphatic rings. The Morgan fingerprint density at radius 2 is 1.78 bits per heavy atom. The van der Waals surface area contributed by atoms with Gasteiger partial charge in [-0.05, 0) is 26.8 Å². The number of Topliss-reactive ketones (excluding diaryl/α,β-unsaturated/α-hetero) is 2. The van der Waals surface area contributed by atoms with Crippen LogP contribution in [0.2, 0.25) is 5.02 Å². The Morgan fingerprint density at radius 1 is 1.19 bits per heavy atom. The molecule has 0 amide bonds. The van der Waals surface area contributed by atoms with Crippen molar-refractivity contribution in [3.63, 3.8) is 0 Å². The maximum atomic E-state index is 14.3. The van der Waals surface area contributed by atoms with E-state index in [1.165, 1.54) is 13.8 Å². The van der Waals surface area contributed by atoms with Gasteiger partial charge in [-0.3, -0.25) is 9.59 Å². The summed E-state index contributed by atoms with van der Waals surface area (Å²) in [7, 11) is 0. The molecule has 1 aromatic rings. The number of benzene rings is 1. The van der Waals surface area contributed by atoms with Crippen LogP contribution >= 0.6 is 11.6 Å². The van der Waals surface area contributed by atoms with Crippen LogP contribution in [-0.2, 0) is 19.1 Å². The van der Waals surface area contributed by atoms with Gasteiger partial charge in [0, 0.05) is 6.42 Å². The van der Waals surface area contributed by atoms with E-state index in [1.807, 2.05) is 0 Å². The minimum absolute atomic E-state index is 0.0776. The van der Waals surface area contributed by atoms with Crippen molar-refractivity contribution in [2.45, 2.75) is 46.1 Å². The van der Waals surface area contributed by atoms with Gasteiger partial charge in [0.25, 0.3) is 0 Å². The molecule has 148 valence electrons. The molecule has 0 spiro atoms. The van der Waals surface area contributed by atoms with E-state index in [-0.39, 0.29) is 13.0 Å². The van der Waals surface area contributed by atoms with E-state index in [2.05, 4.69) is 0 Å². The Bertz CT molecular complexity index is 791. The molecule has 9 heteroatoms. The van der Waals surface area contributed by atoms with Gasteiger partial charge in [0.1, 0.15) is 5.78 Å². The first kappa shape index (κ1) is 22.6. The predicted octanol–water partition coefficient (Wildman–Crippen LogP) is 3.11. The summed E-state index contributed by atoms with van der Waals surface area (Å²) in [6, 6.07) is 0.864. The second-order valence-electron chi connectivity index (χ2n) is 6.13. The van der Waals surface area contributed by atoms with Crippen molar-refractivity contribution in [2.75, 3.05) is 12.3 Å². The molecule has 0 radical (unpaired) electrons. The molecule has 0 saturated heterocycles. The molecule has 0 aromatic heterocycles. The second-order valence-corrected chi connectivity index (χ2v) is 6.50. The van der Waals surface area contributed by atoms with E-state index in [1.54, 1.807) is 13.8 Å². The average Bonchev–Trinajstić information content (AvgIpc) is 2.59. The van der Waals surface area contributed by atoms with E-state index in [0.717, 1.165) is 6.07 Å². The topological polar surface area (TPSA) is 113 Å². The summed E-state index contributed by atoms with van der Waals surface area (Å²) in [5, 5.41) is -0.462. The highest BCUT2D eigenvalue weighted by Crippen LogP contribution is 2.31. The molecule has 7 nitrogen and oxygen atoms in total. The number of hydrogen-bond acceptors (Lipinski definition) is 7. The third-order valence-corrected chi connectivity index (χ3v) is 4.03. The number of carbonyl (C=O) groups excluding carboxylic acids is 4. The van der Waals surface area contributed by atoms with E-state index < -0.39 is 63.2 Å². The Labute approximate surface area is 160 Å². The van der Waals surface area contributed by atoms with Crippen molar-refractivity contribution < 1.29 is 33.0 Å². The number of halogens is 2. The van der Waals surface area contributed by atoms with Crippen LogP contribution in [0.25, 0.3) is 0 Å². The maximum absolute atomic E-state index is 14.3. The highest BCUT2D eigenvalue weighted by molar-refractivity contribution is 6.36. The third kappa shape index (κ3) is 5.26. The van der Waals surface area contributed by atoms with Crippen molar-refractivity contribution in [3.8, 4) is 0 Å². The van der Waals surface area contributed by atoms with E-state index in [9.17, 15) is 23.6 Å². The van der Waals surface area contributed by atoms with Crippen LogP contribution in [0.3, 0.4) is 0 Å². The first-order valence-corrected chi connectivity index (χ1v) is 8.56. The minimum atomic E-state index is -1.65. The molecular weight excluding hydrogens is 381 g/mol. The largest absolute Gasteiger partial charge is 0.463 e. The highest BCUT2D eigenvalue weighted by Gasteiger charge is 2.35. The van der Waals surface area contributed by atoms with Crippen molar-refractivity contribution >= 4 is 40.8 Å². The van der Waals surface area contributed by atoms with Gasteiger partial charge in [-0.1, -0.05) is 18.5 Å². The Kier molecular flexibility index (Phi) is 7.47. The Morgan fingerprint density at radius 3 is 2.30 bits per heavy atom. The summed E-state index contributed by atoms with van der Waals surface area (Å²) < 4.78 is 24.2. The number of rotatable bonds is 8. The molecule has 0 saturated carbocycles. The lowest BCUT2D eigenvalue weighted by Gasteiger charge is -2.23. The van der Waals surface area contributed by atoms with Crippen LogP contribution in [0.4, 0.5) is 10.1 Å². The summed E-state index contributed by atoms with van der Waals surface area (Å²) in [5.74, 6) is -4.27. The van der Waals surface area contributed by atoms with Gasteiger partial charge >= 0.3 is 11.9 Å². The Hall–Kier alpha value is -2.48. The van der Waals surface area contributed by atoms with Gasteiger partial charge in [0.05, 0.1) is 34.9 Å². The molecule has 0 aliphatic heterocycles. The van der Waals surface area contributed by atoms with Crippen LogP contribution in [0, 0.1) is 5.82 Å². The summed E-state index contributed by atoms with van der Waals surface area (Å²) in [4.78, 5) is 47.9. The molecule has 0 unspecified atom stereocenters. The van der Waals surface area contributed by atoms with Crippen molar-refractivity contribution in [1.29, 1.82) is 0 Å². The highest BCUT2D eigenvalue weighted by atomic mass is 35.5. The average molecular weight is 402 g/mol. The Balaban J connectivity index is 3.28.